The Morgan fingerprint density at radius 1 is 0.388 bits per heavy atom. The molecule has 0 fully saturated rings. The topological polar surface area (TPSA) is 13.1 Å². The molecule has 0 N–H and O–H groups in total. The van der Waals surface area contributed by atoms with E-state index in [1.807, 2.05) is 60.7 Å². The van der Waals surface area contributed by atoms with Gasteiger partial charge in [0.25, 0.3) is 0 Å². The lowest BCUT2D eigenvalue weighted by molar-refractivity contribution is 0.670. The number of para-hydroxylation sites is 1. The fourth-order valence-electron chi connectivity index (χ4n) is 6.74. The highest BCUT2D eigenvalue weighted by atomic mass is 16.3. The van der Waals surface area contributed by atoms with Crippen LogP contribution in [0.3, 0.4) is 0 Å². The molecular weight excluding hydrogens is 593 g/mol. The molecule has 0 aliphatic heterocycles. The quantitative estimate of drug-likeness (QED) is 0.175. The number of hydrogen-bond donors (Lipinski definition) is 0. The number of rotatable bonds is 4. The van der Waals surface area contributed by atoms with Crippen LogP contribution in [0.25, 0.3) is 98.8 Å². The Morgan fingerprint density at radius 3 is 1.76 bits per heavy atom. The van der Waals surface area contributed by atoms with Crippen LogP contribution in [0.4, 0.5) is 0 Å². The van der Waals surface area contributed by atoms with Crippen LogP contribution in [0.2, 0.25) is 0 Å². The maximum Gasteiger partial charge on any atom is 0.143 e. The van der Waals surface area contributed by atoms with Crippen LogP contribution in [-0.2, 0) is 0 Å². The van der Waals surface area contributed by atoms with Gasteiger partial charge in [-0.05, 0) is 89.4 Å². The van der Waals surface area contributed by atoms with Crippen LogP contribution in [0.15, 0.2) is 186 Å². The first-order valence-corrected chi connectivity index (χ1v) is 15.5. The molecule has 1 aromatic heterocycles. The molecule has 0 saturated carbocycles. The Labute approximate surface area is 308 Å². The van der Waals surface area contributed by atoms with E-state index >= 15 is 0 Å². The fraction of sp³-hybridized carbons (Fsp3) is 0. The van der Waals surface area contributed by atoms with E-state index in [4.69, 9.17) is 16.8 Å². The first-order chi connectivity index (χ1) is 31.4. The van der Waals surface area contributed by atoms with Crippen molar-refractivity contribution in [3.05, 3.63) is 182 Å². The van der Waals surface area contributed by atoms with Gasteiger partial charge in [-0.3, -0.25) is 0 Å². The average Bonchev–Trinajstić information content (AvgIpc) is 3.70. The van der Waals surface area contributed by atoms with Crippen LogP contribution >= 0.6 is 0 Å². The summed E-state index contributed by atoms with van der Waals surface area (Å²) < 4.78 is 160. The minimum atomic E-state index is -0.826. The van der Waals surface area contributed by atoms with Crippen molar-refractivity contribution in [2.45, 2.75) is 0 Å². The molecule has 0 bridgehead atoms. The van der Waals surface area contributed by atoms with Gasteiger partial charge in [0.2, 0.25) is 0 Å². The number of fused-ring (bicyclic) bond motifs is 6. The second-order valence-electron chi connectivity index (χ2n) is 11.5. The van der Waals surface area contributed by atoms with Crippen molar-refractivity contribution in [3.63, 3.8) is 0 Å². The summed E-state index contributed by atoms with van der Waals surface area (Å²) in [6.45, 7) is 0. The van der Waals surface area contributed by atoms with Crippen molar-refractivity contribution in [1.29, 1.82) is 0 Å². The molecule has 0 unspecified atom stereocenters. The van der Waals surface area contributed by atoms with Gasteiger partial charge in [-0.2, -0.15) is 0 Å². The van der Waals surface area contributed by atoms with Crippen molar-refractivity contribution >= 4 is 54.3 Å². The van der Waals surface area contributed by atoms with Crippen molar-refractivity contribution < 1.29 is 27.7 Å². The SMILES string of the molecule is [2H]c1c([2H])c([2H])c(-c2c3c([2H])c([2H])c([2H])c([2H])c3c(-c3c([2H])c([2H])c([2H])c(-c4cccc5c4oc4ccc(-c6cccc7ccccc67)cc45)c3[2H])c3c([2H])c([2H])c([2H])c([2H])c23)c([2H])c1[2H]. The first-order valence-electron chi connectivity index (χ1n) is 24.0. The fourth-order valence-corrected chi connectivity index (χ4v) is 6.74. The van der Waals surface area contributed by atoms with Crippen LogP contribution in [0, 0.1) is 0 Å². The molecule has 0 radical (unpaired) electrons. The van der Waals surface area contributed by atoms with E-state index in [-0.39, 0.29) is 16.7 Å². The van der Waals surface area contributed by atoms with Crippen molar-refractivity contribution in [1.82, 2.24) is 0 Å². The third kappa shape index (κ3) is 4.40. The number of furan rings is 1. The summed E-state index contributed by atoms with van der Waals surface area (Å²) in [4.78, 5) is 0. The molecule has 0 spiro atoms. The molecule has 1 heterocycles. The third-order valence-electron chi connectivity index (χ3n) is 8.87. The van der Waals surface area contributed by atoms with Gasteiger partial charge in [0.15, 0.2) is 0 Å². The van der Waals surface area contributed by atoms with Crippen LogP contribution in [0.1, 0.15) is 23.3 Å². The van der Waals surface area contributed by atoms with Gasteiger partial charge in [0, 0.05) is 16.3 Å². The lowest BCUT2D eigenvalue weighted by Gasteiger charge is -2.18. The zero-order chi connectivity index (χ0) is 47.1. The maximum absolute atomic E-state index is 9.91. The largest absolute Gasteiger partial charge is 0.455 e. The highest BCUT2D eigenvalue weighted by Gasteiger charge is 2.18. The molecule has 49 heavy (non-hydrogen) atoms. The second-order valence-corrected chi connectivity index (χ2v) is 11.5. The standard InChI is InChI=1S/C48H30O/c1-2-14-32(15-3-1)46-39-20-6-8-22-41(39)47(42-23-9-7-21-40(42)46)35-18-10-17-33(29-35)38-25-12-26-43-44-30-34(27-28-45(44)49-48(38)43)37-24-11-16-31-13-4-5-19-36(31)37/h1-30H/i1D,2D,3D,6D,7D,8D,9D,10D,14D,15D,17D,18D,20D,21D,22D,23D,29D. The van der Waals surface area contributed by atoms with Gasteiger partial charge >= 0.3 is 0 Å². The Kier molecular flexibility index (Phi) is 3.54. The molecular formula is C48H30O. The van der Waals surface area contributed by atoms with Crippen LogP contribution < -0.4 is 0 Å². The Bertz CT molecular complexity index is 3740. The van der Waals surface area contributed by atoms with Crippen LogP contribution in [0.5, 0.6) is 0 Å². The third-order valence-corrected chi connectivity index (χ3v) is 8.87. The molecule has 228 valence electrons. The van der Waals surface area contributed by atoms with E-state index in [1.54, 1.807) is 18.2 Å². The molecule has 0 saturated heterocycles. The van der Waals surface area contributed by atoms with Gasteiger partial charge in [-0.25, -0.2) is 0 Å². The number of benzene rings is 9. The van der Waals surface area contributed by atoms with E-state index in [1.165, 1.54) is 0 Å². The molecule has 1 nitrogen and oxygen atoms in total. The summed E-state index contributed by atoms with van der Waals surface area (Å²) in [5.41, 5.74) is 0.378. The van der Waals surface area contributed by atoms with Gasteiger partial charge in [-0.1, -0.05) is 163 Å². The van der Waals surface area contributed by atoms with Gasteiger partial charge in [-0.15, -0.1) is 0 Å². The molecule has 10 aromatic rings. The maximum atomic E-state index is 9.91. The average molecular weight is 640 g/mol. The van der Waals surface area contributed by atoms with E-state index in [0.717, 1.165) is 21.9 Å². The molecule has 1 heteroatoms. The lowest BCUT2D eigenvalue weighted by atomic mass is 9.85. The minimum absolute atomic E-state index is 0.160. The lowest BCUT2D eigenvalue weighted by Crippen LogP contribution is -1.91. The van der Waals surface area contributed by atoms with E-state index in [2.05, 4.69) is 0 Å². The molecule has 0 aliphatic rings. The predicted octanol–water partition coefficient (Wildman–Crippen LogP) is 13.7. The summed E-state index contributed by atoms with van der Waals surface area (Å²) in [6.07, 6.45) is 0. The Hall–Kier alpha value is -6.44. The van der Waals surface area contributed by atoms with Gasteiger partial charge in [0.05, 0.1) is 23.3 Å². The summed E-state index contributed by atoms with van der Waals surface area (Å²) in [5.74, 6) is 0. The second kappa shape index (κ2) is 11.1. The zero-order valence-electron chi connectivity index (χ0n) is 42.4. The predicted molar refractivity (Wildman–Crippen MR) is 208 cm³/mol. The highest BCUT2D eigenvalue weighted by molar-refractivity contribution is 6.21. The van der Waals surface area contributed by atoms with Gasteiger partial charge < -0.3 is 4.42 Å². The molecule has 0 amide bonds. The van der Waals surface area contributed by atoms with E-state index < -0.39 is 147 Å². The summed E-state index contributed by atoms with van der Waals surface area (Å²) in [5, 5.41) is 1.33. The summed E-state index contributed by atoms with van der Waals surface area (Å²) >= 11 is 0. The monoisotopic (exact) mass is 639 g/mol. The van der Waals surface area contributed by atoms with Crippen LogP contribution in [-0.4, -0.2) is 0 Å². The van der Waals surface area contributed by atoms with Gasteiger partial charge in [0.1, 0.15) is 11.2 Å². The normalized spacial score (nSPS) is 16.5. The number of hydrogen-bond acceptors (Lipinski definition) is 1. The highest BCUT2D eigenvalue weighted by Crippen LogP contribution is 2.45. The smallest absolute Gasteiger partial charge is 0.143 e. The molecule has 0 aliphatic carbocycles. The summed E-state index contributed by atoms with van der Waals surface area (Å²) in [6, 6.07) is 11.5. The first kappa shape index (κ1) is 15.6. The Morgan fingerprint density at radius 2 is 0.980 bits per heavy atom. The molecule has 10 rings (SSSR count). The zero-order valence-corrected chi connectivity index (χ0v) is 25.4. The van der Waals surface area contributed by atoms with Crippen molar-refractivity contribution in [3.8, 4) is 44.5 Å². The van der Waals surface area contributed by atoms with Crippen molar-refractivity contribution in [2.24, 2.45) is 0 Å². The summed E-state index contributed by atoms with van der Waals surface area (Å²) in [7, 11) is 0. The van der Waals surface area contributed by atoms with E-state index in [0.29, 0.717) is 16.4 Å². The minimum Gasteiger partial charge on any atom is -0.455 e. The Balaban J connectivity index is 1.36. The molecule has 0 atom stereocenters. The van der Waals surface area contributed by atoms with Crippen molar-refractivity contribution in [2.75, 3.05) is 0 Å². The molecule has 9 aromatic carbocycles. The van der Waals surface area contributed by atoms with E-state index in [9.17, 15) is 11.0 Å².